The van der Waals surface area contributed by atoms with E-state index in [9.17, 15) is 14.4 Å². The Morgan fingerprint density at radius 2 is 1.98 bits per heavy atom. The predicted molar refractivity (Wildman–Crippen MR) is 160 cm³/mol. The van der Waals surface area contributed by atoms with Crippen molar-refractivity contribution in [3.05, 3.63) is 83.3 Å². The van der Waals surface area contributed by atoms with Crippen LogP contribution < -0.4 is 10.1 Å². The number of hydrogen-bond acceptors (Lipinski definition) is 7. The number of aromatic nitrogens is 1. The highest BCUT2D eigenvalue weighted by molar-refractivity contribution is 6.05. The zero-order valence-corrected chi connectivity index (χ0v) is 24.4. The summed E-state index contributed by atoms with van der Waals surface area (Å²) in [6.07, 6.45) is 3.52. The number of nitrogens with zero attached hydrogens (tertiary/aromatic N) is 3. The maximum Gasteiger partial charge on any atom is 0.255 e. The van der Waals surface area contributed by atoms with Crippen molar-refractivity contribution in [1.82, 2.24) is 20.1 Å². The molecule has 2 unspecified atom stereocenters. The van der Waals surface area contributed by atoms with E-state index < -0.39 is 11.9 Å². The third-order valence-corrected chi connectivity index (χ3v) is 9.08. The van der Waals surface area contributed by atoms with Gasteiger partial charge in [-0.1, -0.05) is 18.7 Å². The van der Waals surface area contributed by atoms with Gasteiger partial charge in [-0.25, -0.2) is 0 Å². The number of carbonyl (C=O) groups excluding carboxylic acids is 3. The SMILES string of the molecule is C=C1CC(c2ccc3cc(CN4CC[C@H](Oc5ccc6c(c5)CN(C5CCC(=O)NC5=O)C6=O)C4)ccc3n2)C[C@@H](C)O1. The lowest BCUT2D eigenvalue weighted by molar-refractivity contribution is -0.136. The van der Waals surface area contributed by atoms with E-state index in [2.05, 4.69) is 54.1 Å². The molecule has 3 saturated heterocycles. The first-order valence-electron chi connectivity index (χ1n) is 15.2. The highest BCUT2D eigenvalue weighted by Gasteiger charge is 2.39. The Labute approximate surface area is 250 Å². The van der Waals surface area contributed by atoms with E-state index in [1.165, 1.54) is 5.56 Å². The molecule has 43 heavy (non-hydrogen) atoms. The molecule has 0 aliphatic carbocycles. The smallest absolute Gasteiger partial charge is 0.255 e. The topological polar surface area (TPSA) is 101 Å². The largest absolute Gasteiger partial charge is 0.496 e. The zero-order valence-electron chi connectivity index (χ0n) is 24.4. The van der Waals surface area contributed by atoms with E-state index in [0.29, 0.717) is 24.4 Å². The number of hydrogen-bond donors (Lipinski definition) is 1. The lowest BCUT2D eigenvalue weighted by Crippen LogP contribution is -2.52. The molecule has 3 aromatic rings. The molecule has 5 heterocycles. The van der Waals surface area contributed by atoms with Gasteiger partial charge in [0.05, 0.1) is 17.4 Å². The number of carbonyl (C=O) groups is 3. The molecule has 2 aromatic carbocycles. The number of likely N-dealkylation sites (tertiary alicyclic amines) is 1. The summed E-state index contributed by atoms with van der Waals surface area (Å²) in [5.74, 6) is 1.07. The van der Waals surface area contributed by atoms with Crippen LogP contribution in [-0.2, 0) is 27.4 Å². The third-order valence-electron chi connectivity index (χ3n) is 9.08. The van der Waals surface area contributed by atoms with Crippen LogP contribution in [-0.4, -0.2) is 63.8 Å². The summed E-state index contributed by atoms with van der Waals surface area (Å²) in [6, 6.07) is 15.8. The standard InChI is InChI=1S/C34H36N4O5/c1-20-13-24(14-21(2)42-20)30-8-4-23-15-22(3-7-29(23)35-30)17-37-12-11-27(19-37)43-26-5-6-28-25(16-26)18-38(34(28)41)31-9-10-32(39)36-33(31)40/h3-8,15-16,21,24,27,31H,1,9-14,17-19H2,2H3,(H,36,39,40)/t21-,24?,27+,31?/m1/s1. The number of rotatable bonds is 6. The first-order valence-corrected chi connectivity index (χ1v) is 15.2. The molecule has 1 aromatic heterocycles. The number of ether oxygens (including phenoxy) is 2. The summed E-state index contributed by atoms with van der Waals surface area (Å²) in [4.78, 5) is 45.8. The average molecular weight is 581 g/mol. The first kappa shape index (κ1) is 27.6. The van der Waals surface area contributed by atoms with Gasteiger partial charge >= 0.3 is 0 Å². The minimum absolute atomic E-state index is 0.0580. The van der Waals surface area contributed by atoms with Gasteiger partial charge in [0.1, 0.15) is 17.9 Å². The van der Waals surface area contributed by atoms with Crippen molar-refractivity contribution < 1.29 is 23.9 Å². The Hall–Kier alpha value is -4.24. The van der Waals surface area contributed by atoms with E-state index in [1.807, 2.05) is 12.1 Å². The molecule has 0 radical (unpaired) electrons. The molecule has 7 rings (SSSR count). The fourth-order valence-corrected chi connectivity index (χ4v) is 6.99. The Kier molecular flexibility index (Phi) is 7.13. The summed E-state index contributed by atoms with van der Waals surface area (Å²) in [7, 11) is 0. The molecule has 0 spiro atoms. The normalized spacial score (nSPS) is 26.0. The number of imide groups is 1. The van der Waals surface area contributed by atoms with Crippen LogP contribution >= 0.6 is 0 Å². The Morgan fingerprint density at radius 1 is 1.09 bits per heavy atom. The van der Waals surface area contributed by atoms with Gasteiger partial charge in [-0.15, -0.1) is 0 Å². The van der Waals surface area contributed by atoms with E-state index in [0.717, 1.165) is 72.6 Å². The maximum atomic E-state index is 13.0. The van der Waals surface area contributed by atoms with Crippen molar-refractivity contribution >= 4 is 28.6 Å². The summed E-state index contributed by atoms with van der Waals surface area (Å²) in [5, 5.41) is 3.49. The molecular weight excluding hydrogens is 544 g/mol. The molecule has 4 atom stereocenters. The van der Waals surface area contributed by atoms with Gasteiger partial charge in [0.25, 0.3) is 5.91 Å². The van der Waals surface area contributed by atoms with Crippen molar-refractivity contribution in [2.45, 2.75) is 76.3 Å². The van der Waals surface area contributed by atoms with Crippen LogP contribution in [0.4, 0.5) is 0 Å². The maximum absolute atomic E-state index is 13.0. The van der Waals surface area contributed by atoms with Crippen molar-refractivity contribution in [2.24, 2.45) is 0 Å². The summed E-state index contributed by atoms with van der Waals surface area (Å²) in [5.41, 5.74) is 4.82. The monoisotopic (exact) mass is 580 g/mol. The highest BCUT2D eigenvalue weighted by Crippen LogP contribution is 2.35. The molecule has 3 amide bonds. The summed E-state index contributed by atoms with van der Waals surface area (Å²) >= 11 is 0. The van der Waals surface area contributed by atoms with Gasteiger partial charge in [-0.3, -0.25) is 29.6 Å². The van der Waals surface area contributed by atoms with Crippen LogP contribution in [0.1, 0.15) is 72.1 Å². The van der Waals surface area contributed by atoms with E-state index in [-0.39, 0.29) is 30.4 Å². The fourth-order valence-electron chi connectivity index (χ4n) is 6.99. The van der Waals surface area contributed by atoms with E-state index >= 15 is 0 Å². The molecule has 1 N–H and O–H groups in total. The van der Waals surface area contributed by atoms with Crippen LogP contribution in [0.25, 0.3) is 10.9 Å². The Bertz CT molecular complexity index is 1640. The molecule has 0 saturated carbocycles. The van der Waals surface area contributed by atoms with Gasteiger partial charge in [-0.2, -0.15) is 0 Å². The number of amides is 3. The van der Waals surface area contributed by atoms with Crippen LogP contribution in [0.3, 0.4) is 0 Å². The van der Waals surface area contributed by atoms with Crippen molar-refractivity contribution in [3.8, 4) is 5.75 Å². The zero-order chi connectivity index (χ0) is 29.7. The molecule has 9 heteroatoms. The Morgan fingerprint density at radius 3 is 2.81 bits per heavy atom. The number of pyridine rings is 1. The molecular formula is C34H36N4O5. The molecule has 0 bridgehead atoms. The molecule has 3 fully saturated rings. The number of fused-ring (bicyclic) bond motifs is 2. The van der Waals surface area contributed by atoms with Gasteiger partial charge in [0, 0.05) is 61.6 Å². The lowest BCUT2D eigenvalue weighted by Gasteiger charge is -2.29. The van der Waals surface area contributed by atoms with Gasteiger partial charge in [0.2, 0.25) is 11.8 Å². The van der Waals surface area contributed by atoms with E-state index in [1.54, 1.807) is 11.0 Å². The Balaban J connectivity index is 0.959. The minimum atomic E-state index is -0.616. The highest BCUT2D eigenvalue weighted by atomic mass is 16.5. The summed E-state index contributed by atoms with van der Waals surface area (Å²) < 4.78 is 12.1. The molecule has 4 aliphatic rings. The average Bonchev–Trinajstić information content (AvgIpc) is 3.55. The molecule has 222 valence electrons. The van der Waals surface area contributed by atoms with Crippen molar-refractivity contribution in [3.63, 3.8) is 0 Å². The predicted octanol–water partition coefficient (Wildman–Crippen LogP) is 4.45. The van der Waals surface area contributed by atoms with E-state index in [4.69, 9.17) is 14.5 Å². The number of allylic oxidation sites excluding steroid dienone is 1. The van der Waals surface area contributed by atoms with Gasteiger partial charge in [0.15, 0.2) is 0 Å². The fraction of sp³-hybridized carbons (Fsp3) is 0.412. The second-order valence-electron chi connectivity index (χ2n) is 12.3. The quantitative estimate of drug-likeness (QED) is 0.430. The number of benzene rings is 2. The summed E-state index contributed by atoms with van der Waals surface area (Å²) in [6.45, 7) is 9.07. The van der Waals surface area contributed by atoms with Gasteiger partial charge < -0.3 is 14.4 Å². The van der Waals surface area contributed by atoms with Crippen LogP contribution in [0, 0.1) is 0 Å². The van der Waals surface area contributed by atoms with Crippen LogP contribution in [0.5, 0.6) is 5.75 Å². The van der Waals surface area contributed by atoms with Crippen LogP contribution in [0.15, 0.2) is 60.9 Å². The van der Waals surface area contributed by atoms with Crippen molar-refractivity contribution in [1.29, 1.82) is 0 Å². The minimum Gasteiger partial charge on any atom is -0.496 e. The number of nitrogens with one attached hydrogen (secondary N) is 1. The van der Waals surface area contributed by atoms with Crippen molar-refractivity contribution in [2.75, 3.05) is 13.1 Å². The molecule has 9 nitrogen and oxygen atoms in total. The molecule has 4 aliphatic heterocycles. The lowest BCUT2D eigenvalue weighted by atomic mass is 9.91. The number of piperidine rings is 1. The second-order valence-corrected chi connectivity index (χ2v) is 12.3. The third kappa shape index (κ3) is 5.61. The first-order chi connectivity index (χ1) is 20.8. The van der Waals surface area contributed by atoms with Crippen LogP contribution in [0.2, 0.25) is 0 Å². The van der Waals surface area contributed by atoms with Gasteiger partial charge in [-0.05, 0) is 73.7 Å². The second kappa shape index (κ2) is 11.1.